The maximum atomic E-state index is 7.11. The van der Waals surface area contributed by atoms with E-state index in [4.69, 9.17) is 4.42 Å². The molecule has 0 amide bonds. The van der Waals surface area contributed by atoms with Gasteiger partial charge in [0.2, 0.25) is 0 Å². The second kappa shape index (κ2) is 16.5. The van der Waals surface area contributed by atoms with Crippen molar-refractivity contribution in [1.82, 2.24) is 0 Å². The quantitative estimate of drug-likeness (QED) is 0.166. The van der Waals surface area contributed by atoms with Crippen LogP contribution in [0.3, 0.4) is 0 Å². The highest BCUT2D eigenvalue weighted by atomic mass is 16.3. The molecule has 0 aliphatic heterocycles. The van der Waals surface area contributed by atoms with Crippen molar-refractivity contribution in [2.45, 2.75) is 124 Å². The number of anilines is 6. The normalized spacial score (nSPS) is 13.8. The van der Waals surface area contributed by atoms with Gasteiger partial charge in [0.05, 0.1) is 0 Å². The summed E-state index contributed by atoms with van der Waals surface area (Å²) in [6, 6.07) is 64.3. The monoisotopic (exact) mass is 943 g/mol. The van der Waals surface area contributed by atoms with Gasteiger partial charge in [0.15, 0.2) is 0 Å². The van der Waals surface area contributed by atoms with Crippen LogP contribution in [0.15, 0.2) is 174 Å². The molecule has 3 heteroatoms. The average molecular weight is 943 g/mol. The minimum absolute atomic E-state index is 0.0667. The van der Waals surface area contributed by atoms with Crippen LogP contribution in [-0.2, 0) is 27.1 Å². The number of rotatable bonds is 6. The molecule has 1 aliphatic rings. The summed E-state index contributed by atoms with van der Waals surface area (Å²) in [7, 11) is 0. The van der Waals surface area contributed by atoms with Crippen LogP contribution in [0, 0.1) is 0 Å². The highest BCUT2D eigenvalue weighted by Gasteiger charge is 2.38. The molecule has 362 valence electrons. The van der Waals surface area contributed by atoms with Crippen molar-refractivity contribution in [2.24, 2.45) is 0 Å². The maximum absolute atomic E-state index is 7.11. The standard InChI is InChI=1S/C69H70N2O/c1-65(2,3)47-17-27-51(28-18-47)70(52-29-19-48(20-30-52)66(4,5)6)55-26-16-44-40-59-61(41-45(44)37-55)69(13,14)60-36-35-57-58-39-43-15-25-56(38-46(43)42-62(58)72-64(57)63(59)60)71(53-31-21-49(22-32-53)67(7,8)9)54-33-23-50(24-34-54)68(10,11)12/h15-42H,1-14H3. The van der Waals surface area contributed by atoms with E-state index >= 15 is 0 Å². The zero-order chi connectivity index (χ0) is 50.9. The largest absolute Gasteiger partial charge is 0.455 e. The van der Waals surface area contributed by atoms with Gasteiger partial charge >= 0.3 is 0 Å². The molecule has 0 spiro atoms. The van der Waals surface area contributed by atoms with E-state index in [0.717, 1.165) is 61.4 Å². The van der Waals surface area contributed by atoms with Crippen LogP contribution in [0.2, 0.25) is 0 Å². The fourth-order valence-corrected chi connectivity index (χ4v) is 11.1. The molecule has 3 nitrogen and oxygen atoms in total. The summed E-state index contributed by atoms with van der Waals surface area (Å²) in [6.07, 6.45) is 0. The minimum atomic E-state index is -0.230. The van der Waals surface area contributed by atoms with Gasteiger partial charge in [-0.2, -0.15) is 0 Å². The number of benzene rings is 9. The molecule has 0 saturated carbocycles. The lowest BCUT2D eigenvalue weighted by Gasteiger charge is -2.28. The van der Waals surface area contributed by atoms with Crippen molar-refractivity contribution >= 4 is 77.6 Å². The predicted octanol–water partition coefficient (Wildman–Crippen LogP) is 20.3. The van der Waals surface area contributed by atoms with E-state index in [1.54, 1.807) is 0 Å². The first-order valence-electron chi connectivity index (χ1n) is 26.0. The van der Waals surface area contributed by atoms with Crippen LogP contribution in [0.4, 0.5) is 34.1 Å². The Hall–Kier alpha value is -7.10. The van der Waals surface area contributed by atoms with Crippen molar-refractivity contribution in [3.63, 3.8) is 0 Å². The molecule has 1 aliphatic carbocycles. The van der Waals surface area contributed by atoms with Crippen molar-refractivity contribution in [3.05, 3.63) is 203 Å². The van der Waals surface area contributed by atoms with Crippen LogP contribution in [0.25, 0.3) is 54.6 Å². The third-order valence-corrected chi connectivity index (χ3v) is 15.6. The van der Waals surface area contributed by atoms with Crippen LogP contribution in [0.1, 0.15) is 130 Å². The lowest BCUT2D eigenvalue weighted by Crippen LogP contribution is -2.15. The summed E-state index contributed by atoms with van der Waals surface area (Å²) in [5.41, 5.74) is 19.1. The van der Waals surface area contributed by atoms with Gasteiger partial charge in [-0.05, 0) is 179 Å². The van der Waals surface area contributed by atoms with E-state index in [1.807, 2.05) is 0 Å². The lowest BCUT2D eigenvalue weighted by molar-refractivity contribution is 0.590. The van der Waals surface area contributed by atoms with Crippen molar-refractivity contribution < 1.29 is 4.42 Å². The molecule has 0 atom stereocenters. The Labute approximate surface area is 428 Å². The van der Waals surface area contributed by atoms with Gasteiger partial charge < -0.3 is 14.2 Å². The van der Waals surface area contributed by atoms with Crippen LogP contribution < -0.4 is 9.80 Å². The molecule has 9 aromatic carbocycles. The van der Waals surface area contributed by atoms with Crippen molar-refractivity contribution in [3.8, 4) is 11.1 Å². The van der Waals surface area contributed by atoms with Crippen LogP contribution in [-0.4, -0.2) is 0 Å². The van der Waals surface area contributed by atoms with Gasteiger partial charge in [-0.1, -0.05) is 170 Å². The van der Waals surface area contributed by atoms with E-state index in [1.165, 1.54) is 60.7 Å². The van der Waals surface area contributed by atoms with Gasteiger partial charge in [-0.25, -0.2) is 0 Å². The fraction of sp³-hybridized carbons (Fsp3) is 0.275. The van der Waals surface area contributed by atoms with Crippen LogP contribution >= 0.6 is 0 Å². The van der Waals surface area contributed by atoms with Gasteiger partial charge in [0, 0.05) is 55.9 Å². The second-order valence-electron chi connectivity index (χ2n) is 25.3. The maximum Gasteiger partial charge on any atom is 0.143 e. The Kier molecular flexibility index (Phi) is 10.8. The van der Waals surface area contributed by atoms with Gasteiger partial charge in [0.25, 0.3) is 0 Å². The zero-order valence-corrected chi connectivity index (χ0v) is 45.0. The molecule has 0 N–H and O–H groups in total. The van der Waals surface area contributed by atoms with E-state index in [9.17, 15) is 0 Å². The number of hydrogen-bond acceptors (Lipinski definition) is 3. The SMILES string of the molecule is CC(C)(C)c1ccc(N(c2ccc(C(C)(C)C)cc2)c2ccc3cc4c(cc3c2)C(C)(C)c2ccc3c(oc5cc6cc(N(c7ccc(C(C)(C)C)cc7)c7ccc(C(C)(C)C)cc7)ccc6cc53)c2-4)cc1. The first-order chi connectivity index (χ1) is 33.9. The molecule has 10 aromatic rings. The summed E-state index contributed by atoms with van der Waals surface area (Å²) in [5, 5.41) is 7.06. The van der Waals surface area contributed by atoms with Gasteiger partial charge in [-0.3, -0.25) is 0 Å². The molecule has 0 bridgehead atoms. The van der Waals surface area contributed by atoms with E-state index in [2.05, 4.69) is 277 Å². The Morgan fingerprint density at radius 2 is 0.708 bits per heavy atom. The topological polar surface area (TPSA) is 19.6 Å². The molecule has 72 heavy (non-hydrogen) atoms. The Morgan fingerprint density at radius 1 is 0.333 bits per heavy atom. The fourth-order valence-electron chi connectivity index (χ4n) is 11.1. The first-order valence-corrected chi connectivity index (χ1v) is 26.0. The number of fused-ring (bicyclic) bond motifs is 9. The number of nitrogens with zero attached hydrogens (tertiary/aromatic N) is 2. The second-order valence-corrected chi connectivity index (χ2v) is 25.3. The molecule has 0 saturated heterocycles. The third kappa shape index (κ3) is 8.16. The molecule has 11 rings (SSSR count). The molecule has 1 aromatic heterocycles. The van der Waals surface area contributed by atoms with Crippen LogP contribution in [0.5, 0.6) is 0 Å². The summed E-state index contributed by atoms with van der Waals surface area (Å²) < 4.78 is 7.11. The summed E-state index contributed by atoms with van der Waals surface area (Å²) in [5.74, 6) is 0. The number of furan rings is 1. The zero-order valence-electron chi connectivity index (χ0n) is 45.0. The molecule has 0 unspecified atom stereocenters. The molecular formula is C69H70N2O. The third-order valence-electron chi connectivity index (χ3n) is 15.6. The van der Waals surface area contributed by atoms with E-state index < -0.39 is 0 Å². The summed E-state index contributed by atoms with van der Waals surface area (Å²) in [6.45, 7) is 32.0. The molecular weight excluding hydrogens is 873 g/mol. The lowest BCUT2D eigenvalue weighted by atomic mass is 9.81. The smallest absolute Gasteiger partial charge is 0.143 e. The molecule has 0 fully saturated rings. The predicted molar refractivity (Wildman–Crippen MR) is 310 cm³/mol. The van der Waals surface area contributed by atoms with Crippen molar-refractivity contribution in [1.29, 1.82) is 0 Å². The average Bonchev–Trinajstić information content (AvgIpc) is 3.80. The number of hydrogen-bond donors (Lipinski definition) is 0. The van der Waals surface area contributed by atoms with Gasteiger partial charge in [0.1, 0.15) is 11.2 Å². The Morgan fingerprint density at radius 3 is 1.11 bits per heavy atom. The van der Waals surface area contributed by atoms with Crippen molar-refractivity contribution in [2.75, 3.05) is 9.80 Å². The van der Waals surface area contributed by atoms with E-state index in [-0.39, 0.29) is 27.1 Å². The molecule has 1 heterocycles. The highest BCUT2D eigenvalue weighted by molar-refractivity contribution is 6.15. The summed E-state index contributed by atoms with van der Waals surface area (Å²) >= 11 is 0. The van der Waals surface area contributed by atoms with E-state index in [0.29, 0.717) is 0 Å². The first kappa shape index (κ1) is 47.2. The highest BCUT2D eigenvalue weighted by Crippen LogP contribution is 2.54. The molecule has 0 radical (unpaired) electrons. The minimum Gasteiger partial charge on any atom is -0.455 e. The van der Waals surface area contributed by atoms with Gasteiger partial charge in [-0.15, -0.1) is 0 Å². The Balaban J connectivity index is 1.00. The summed E-state index contributed by atoms with van der Waals surface area (Å²) in [4.78, 5) is 4.79. The Bertz CT molecular complexity index is 3590.